The summed E-state index contributed by atoms with van der Waals surface area (Å²) in [5.41, 5.74) is 2.83. The number of rotatable bonds is 7. The summed E-state index contributed by atoms with van der Waals surface area (Å²) >= 11 is 5.94. The van der Waals surface area contributed by atoms with E-state index in [1.165, 1.54) is 0 Å². The topological polar surface area (TPSA) is 66.5 Å². The zero-order chi connectivity index (χ0) is 21.7. The van der Waals surface area contributed by atoms with Gasteiger partial charge in [0.2, 0.25) is 15.9 Å². The van der Waals surface area contributed by atoms with Crippen LogP contribution in [0.4, 0.5) is 11.4 Å². The molecule has 0 spiro atoms. The number of nitrogens with one attached hydrogen (secondary N) is 1. The lowest BCUT2D eigenvalue weighted by Crippen LogP contribution is -2.47. The van der Waals surface area contributed by atoms with Crippen LogP contribution in [0, 0.1) is 0 Å². The highest BCUT2D eigenvalue weighted by atomic mass is 35.5. The van der Waals surface area contributed by atoms with E-state index >= 15 is 0 Å². The van der Waals surface area contributed by atoms with Crippen molar-refractivity contribution in [2.45, 2.75) is 19.4 Å². The van der Waals surface area contributed by atoms with Crippen molar-refractivity contribution in [2.75, 3.05) is 15.9 Å². The van der Waals surface area contributed by atoms with Crippen LogP contribution in [-0.4, -0.2) is 26.6 Å². The quantitative estimate of drug-likeness (QED) is 0.547. The number of halogens is 1. The van der Waals surface area contributed by atoms with Crippen LogP contribution in [0.3, 0.4) is 0 Å². The monoisotopic (exact) mass is 442 g/mol. The average Bonchev–Trinajstić information content (AvgIpc) is 2.73. The summed E-state index contributed by atoms with van der Waals surface area (Å²) in [5.74, 6) is -0.402. The van der Waals surface area contributed by atoms with Gasteiger partial charge in [0.25, 0.3) is 0 Å². The van der Waals surface area contributed by atoms with Gasteiger partial charge < -0.3 is 5.32 Å². The van der Waals surface area contributed by atoms with Gasteiger partial charge in [-0.05, 0) is 42.3 Å². The molecule has 7 heteroatoms. The predicted molar refractivity (Wildman–Crippen MR) is 123 cm³/mol. The van der Waals surface area contributed by atoms with E-state index < -0.39 is 22.0 Å². The lowest BCUT2D eigenvalue weighted by atomic mass is 10.0. The Morgan fingerprint density at radius 2 is 1.57 bits per heavy atom. The zero-order valence-electron chi connectivity index (χ0n) is 16.7. The molecule has 5 nitrogen and oxygen atoms in total. The molecule has 0 saturated heterocycles. The highest BCUT2D eigenvalue weighted by Crippen LogP contribution is 2.29. The molecule has 0 fully saturated rings. The number of anilines is 2. The second-order valence-electron chi connectivity index (χ2n) is 6.86. The second-order valence-corrected chi connectivity index (χ2v) is 9.16. The molecular weight excluding hydrogens is 420 g/mol. The maximum absolute atomic E-state index is 13.2. The Morgan fingerprint density at radius 3 is 2.17 bits per heavy atom. The van der Waals surface area contributed by atoms with Crippen LogP contribution in [0.15, 0.2) is 78.9 Å². The highest BCUT2D eigenvalue weighted by molar-refractivity contribution is 7.92. The molecule has 1 atom stereocenters. The zero-order valence-corrected chi connectivity index (χ0v) is 18.3. The Balaban J connectivity index is 1.96. The normalized spacial score (nSPS) is 12.2. The number of para-hydroxylation sites is 1. The molecule has 0 aliphatic carbocycles. The standard InChI is InChI=1S/C23H23ClN2O3S/c1-3-22(26(30(2,28)29)19-15-13-18(24)14-16-19)23(27)25-21-12-8-7-11-20(21)17-9-5-4-6-10-17/h4-16,22H,3H2,1-2H3,(H,25,27)/t22-/m0/s1. The van der Waals surface area contributed by atoms with Crippen LogP contribution >= 0.6 is 11.6 Å². The molecule has 0 aromatic heterocycles. The van der Waals surface area contributed by atoms with Crippen molar-refractivity contribution >= 4 is 38.9 Å². The van der Waals surface area contributed by atoms with Crippen LogP contribution in [0.5, 0.6) is 0 Å². The van der Waals surface area contributed by atoms with Crippen molar-refractivity contribution < 1.29 is 13.2 Å². The van der Waals surface area contributed by atoms with E-state index in [1.807, 2.05) is 48.5 Å². The Kier molecular flexibility index (Phi) is 6.80. The minimum atomic E-state index is -3.71. The van der Waals surface area contributed by atoms with Gasteiger partial charge >= 0.3 is 0 Å². The van der Waals surface area contributed by atoms with Gasteiger partial charge in [-0.15, -0.1) is 0 Å². The Labute approximate surface area is 182 Å². The fourth-order valence-corrected chi connectivity index (χ4v) is 4.66. The van der Waals surface area contributed by atoms with Crippen LogP contribution in [-0.2, 0) is 14.8 Å². The maximum atomic E-state index is 13.2. The van der Waals surface area contributed by atoms with Gasteiger partial charge in [-0.25, -0.2) is 8.42 Å². The summed E-state index contributed by atoms with van der Waals surface area (Å²) in [6.07, 6.45) is 1.39. The second kappa shape index (κ2) is 9.32. The van der Waals surface area contributed by atoms with Crippen LogP contribution in [0.2, 0.25) is 5.02 Å². The van der Waals surface area contributed by atoms with E-state index in [-0.39, 0.29) is 0 Å². The summed E-state index contributed by atoms with van der Waals surface area (Å²) in [6.45, 7) is 1.78. The molecule has 0 saturated carbocycles. The summed E-state index contributed by atoms with van der Waals surface area (Å²) in [7, 11) is -3.71. The summed E-state index contributed by atoms with van der Waals surface area (Å²) < 4.78 is 26.3. The molecular formula is C23H23ClN2O3S. The number of nitrogens with zero attached hydrogens (tertiary/aromatic N) is 1. The molecule has 0 unspecified atom stereocenters. The molecule has 0 heterocycles. The third-order valence-corrected chi connectivity index (χ3v) is 6.11. The van der Waals surface area contributed by atoms with E-state index in [4.69, 9.17) is 11.6 Å². The number of carbonyl (C=O) groups excluding carboxylic acids is 1. The van der Waals surface area contributed by atoms with E-state index in [9.17, 15) is 13.2 Å². The minimum absolute atomic E-state index is 0.301. The highest BCUT2D eigenvalue weighted by Gasteiger charge is 2.31. The van der Waals surface area contributed by atoms with Crippen LogP contribution in [0.1, 0.15) is 13.3 Å². The molecule has 3 rings (SSSR count). The third-order valence-electron chi connectivity index (χ3n) is 4.68. The predicted octanol–water partition coefficient (Wildman–Crippen LogP) is 5.19. The Hall–Kier alpha value is -2.83. The van der Waals surface area contributed by atoms with Gasteiger partial charge in [-0.2, -0.15) is 0 Å². The number of hydrogen-bond donors (Lipinski definition) is 1. The first-order chi connectivity index (χ1) is 14.3. The van der Waals surface area contributed by atoms with E-state index in [1.54, 1.807) is 37.3 Å². The fourth-order valence-electron chi connectivity index (χ4n) is 3.33. The number of amides is 1. The third kappa shape index (κ3) is 5.01. The number of carbonyl (C=O) groups is 1. The molecule has 3 aromatic carbocycles. The fraction of sp³-hybridized carbons (Fsp3) is 0.174. The molecule has 1 N–H and O–H groups in total. The summed E-state index contributed by atoms with van der Waals surface area (Å²) in [6, 6.07) is 22.6. The molecule has 0 radical (unpaired) electrons. The lowest BCUT2D eigenvalue weighted by molar-refractivity contribution is -0.117. The average molecular weight is 443 g/mol. The van der Waals surface area contributed by atoms with E-state index in [0.29, 0.717) is 22.8 Å². The van der Waals surface area contributed by atoms with Crippen molar-refractivity contribution in [3.8, 4) is 11.1 Å². The van der Waals surface area contributed by atoms with Crippen molar-refractivity contribution in [1.82, 2.24) is 0 Å². The van der Waals surface area contributed by atoms with Gasteiger partial charge in [0.05, 0.1) is 11.9 Å². The first-order valence-electron chi connectivity index (χ1n) is 9.51. The summed E-state index contributed by atoms with van der Waals surface area (Å²) in [5, 5.41) is 3.41. The van der Waals surface area contributed by atoms with Crippen molar-refractivity contribution in [3.05, 3.63) is 83.9 Å². The minimum Gasteiger partial charge on any atom is -0.324 e. The molecule has 3 aromatic rings. The van der Waals surface area contributed by atoms with Crippen molar-refractivity contribution in [1.29, 1.82) is 0 Å². The van der Waals surface area contributed by atoms with E-state index in [2.05, 4.69) is 5.32 Å². The van der Waals surface area contributed by atoms with Gasteiger partial charge in [0.15, 0.2) is 0 Å². The Morgan fingerprint density at radius 1 is 0.967 bits per heavy atom. The number of hydrogen-bond acceptors (Lipinski definition) is 3. The summed E-state index contributed by atoms with van der Waals surface area (Å²) in [4.78, 5) is 13.2. The molecule has 156 valence electrons. The lowest BCUT2D eigenvalue weighted by Gasteiger charge is -2.30. The largest absolute Gasteiger partial charge is 0.324 e. The van der Waals surface area contributed by atoms with Gasteiger partial charge in [0.1, 0.15) is 6.04 Å². The smallest absolute Gasteiger partial charge is 0.248 e. The SMILES string of the molecule is CC[C@@H](C(=O)Nc1ccccc1-c1ccccc1)N(c1ccc(Cl)cc1)S(C)(=O)=O. The van der Waals surface area contributed by atoms with Crippen molar-refractivity contribution in [3.63, 3.8) is 0 Å². The van der Waals surface area contributed by atoms with Gasteiger partial charge in [-0.1, -0.05) is 67.1 Å². The molecule has 0 aliphatic heterocycles. The maximum Gasteiger partial charge on any atom is 0.248 e. The first-order valence-corrected chi connectivity index (χ1v) is 11.7. The van der Waals surface area contributed by atoms with Crippen LogP contribution in [0.25, 0.3) is 11.1 Å². The molecule has 30 heavy (non-hydrogen) atoms. The van der Waals surface area contributed by atoms with Gasteiger partial charge in [0, 0.05) is 16.3 Å². The Bertz CT molecular complexity index is 1120. The van der Waals surface area contributed by atoms with Gasteiger partial charge in [-0.3, -0.25) is 9.10 Å². The number of benzene rings is 3. The first kappa shape index (κ1) is 21.9. The number of sulfonamides is 1. The van der Waals surface area contributed by atoms with Crippen molar-refractivity contribution in [2.24, 2.45) is 0 Å². The van der Waals surface area contributed by atoms with Crippen LogP contribution < -0.4 is 9.62 Å². The molecule has 0 aliphatic rings. The molecule has 0 bridgehead atoms. The molecule has 1 amide bonds. The van der Waals surface area contributed by atoms with E-state index in [0.717, 1.165) is 21.7 Å².